The number of pyridine rings is 1. The van der Waals surface area contributed by atoms with Gasteiger partial charge in [-0.25, -0.2) is 23.7 Å². The van der Waals surface area contributed by atoms with Crippen molar-refractivity contribution >= 4 is 23.2 Å². The Bertz CT molecular complexity index is 909. The van der Waals surface area contributed by atoms with E-state index in [2.05, 4.69) is 25.6 Å². The fourth-order valence-electron chi connectivity index (χ4n) is 2.71. The summed E-state index contributed by atoms with van der Waals surface area (Å²) in [5.41, 5.74) is -0.204. The number of nitrogens with one attached hydrogen (secondary N) is 2. The molecule has 0 radical (unpaired) electrons. The number of aryl methyl sites for hydroxylation is 1. The Balaban J connectivity index is 2.04. The molecule has 2 aromatic rings. The molecule has 0 spiro atoms. The van der Waals surface area contributed by atoms with Crippen molar-refractivity contribution in [1.82, 2.24) is 15.0 Å². The molecule has 1 amide bonds. The fraction of sp³-hybridized carbons (Fsp3) is 0.444. The minimum absolute atomic E-state index is 0.0529. The molecule has 28 heavy (non-hydrogen) atoms. The first-order valence-electron chi connectivity index (χ1n) is 8.63. The van der Waals surface area contributed by atoms with Crippen LogP contribution in [-0.4, -0.2) is 20.9 Å². The summed E-state index contributed by atoms with van der Waals surface area (Å²) in [7, 11) is 0. The third kappa shape index (κ3) is 4.37. The number of amides is 1. The summed E-state index contributed by atoms with van der Waals surface area (Å²) in [5.74, 6) is -8.39. The highest BCUT2D eigenvalue weighted by Gasteiger charge is 2.49. The number of hydrogen-bond donors (Lipinski definition) is 2. The van der Waals surface area contributed by atoms with Gasteiger partial charge in [-0.1, -0.05) is 0 Å². The number of nitrogens with zero attached hydrogens (tertiary/aromatic N) is 3. The molecule has 150 valence electrons. The molecule has 0 atom stereocenters. The molecule has 1 aliphatic carbocycles. The number of anilines is 3. The van der Waals surface area contributed by atoms with Crippen molar-refractivity contribution in [3.63, 3.8) is 0 Å². The highest BCUT2D eigenvalue weighted by atomic mass is 19.3. The average Bonchev–Trinajstić information content (AvgIpc) is 3.38. The summed E-state index contributed by atoms with van der Waals surface area (Å²) in [4.78, 5) is 22.6. The maximum Gasteiger partial charge on any atom is 0.303 e. The minimum atomic E-state index is -3.29. The van der Waals surface area contributed by atoms with Gasteiger partial charge in [-0.2, -0.15) is 8.78 Å². The molecule has 10 heteroatoms. The van der Waals surface area contributed by atoms with E-state index in [4.69, 9.17) is 0 Å². The van der Waals surface area contributed by atoms with E-state index in [1.54, 1.807) is 0 Å². The van der Waals surface area contributed by atoms with Gasteiger partial charge in [0, 0.05) is 43.8 Å². The van der Waals surface area contributed by atoms with Crippen LogP contribution in [0.5, 0.6) is 0 Å². The van der Waals surface area contributed by atoms with Crippen molar-refractivity contribution in [3.05, 3.63) is 35.4 Å². The normalized spacial score (nSPS) is 14.7. The van der Waals surface area contributed by atoms with Gasteiger partial charge in [-0.05, 0) is 19.8 Å². The van der Waals surface area contributed by atoms with Crippen LogP contribution in [-0.2, 0) is 16.6 Å². The zero-order chi connectivity index (χ0) is 20.7. The van der Waals surface area contributed by atoms with E-state index in [0.717, 1.165) is 6.20 Å². The van der Waals surface area contributed by atoms with Gasteiger partial charge in [0.15, 0.2) is 0 Å². The standard InChI is InChI=1S/C18H19F4N5O/c1-9-6-15(27-16(24-9)17(3,19)20)26-13-7-14(25-10(2)28)23-8-12(13)18(21,22)11-4-5-11/h6-8,11H,4-5H2,1-3H3,(H2,23,24,25,26,27,28). The summed E-state index contributed by atoms with van der Waals surface area (Å²) in [6.45, 7) is 3.40. The van der Waals surface area contributed by atoms with Gasteiger partial charge < -0.3 is 10.6 Å². The van der Waals surface area contributed by atoms with Gasteiger partial charge in [-0.3, -0.25) is 4.79 Å². The Morgan fingerprint density at radius 3 is 2.39 bits per heavy atom. The van der Waals surface area contributed by atoms with Crippen LogP contribution in [0.15, 0.2) is 18.3 Å². The van der Waals surface area contributed by atoms with E-state index in [1.807, 2.05) is 0 Å². The second kappa shape index (κ2) is 6.99. The van der Waals surface area contributed by atoms with Gasteiger partial charge in [-0.15, -0.1) is 0 Å². The molecule has 2 heterocycles. The second-order valence-electron chi connectivity index (χ2n) is 6.93. The van der Waals surface area contributed by atoms with Crippen molar-refractivity contribution in [2.75, 3.05) is 10.6 Å². The van der Waals surface area contributed by atoms with Crippen molar-refractivity contribution in [2.45, 2.75) is 45.5 Å². The average molecular weight is 397 g/mol. The largest absolute Gasteiger partial charge is 0.340 e. The van der Waals surface area contributed by atoms with Gasteiger partial charge in [0.1, 0.15) is 11.6 Å². The number of carbonyl (C=O) groups is 1. The lowest BCUT2D eigenvalue weighted by Crippen LogP contribution is -2.20. The number of carbonyl (C=O) groups excluding carboxylic acids is 1. The Kier molecular flexibility index (Phi) is 4.99. The monoisotopic (exact) mass is 397 g/mol. The second-order valence-corrected chi connectivity index (χ2v) is 6.93. The van der Waals surface area contributed by atoms with Crippen LogP contribution in [0.2, 0.25) is 0 Å². The number of hydrogen-bond acceptors (Lipinski definition) is 5. The first kappa shape index (κ1) is 20.0. The minimum Gasteiger partial charge on any atom is -0.340 e. The Morgan fingerprint density at radius 2 is 1.82 bits per heavy atom. The number of aromatic nitrogens is 3. The number of halogens is 4. The third-order valence-corrected chi connectivity index (χ3v) is 4.17. The smallest absolute Gasteiger partial charge is 0.303 e. The molecule has 0 bridgehead atoms. The van der Waals surface area contributed by atoms with Gasteiger partial charge in [0.25, 0.3) is 5.92 Å². The summed E-state index contributed by atoms with van der Waals surface area (Å²) < 4.78 is 56.7. The molecule has 1 fully saturated rings. The third-order valence-electron chi connectivity index (χ3n) is 4.17. The van der Waals surface area contributed by atoms with E-state index in [9.17, 15) is 22.4 Å². The molecular formula is C18H19F4N5O. The molecule has 2 N–H and O–H groups in total. The molecular weight excluding hydrogens is 378 g/mol. The molecule has 0 unspecified atom stereocenters. The highest BCUT2D eigenvalue weighted by molar-refractivity contribution is 5.88. The molecule has 3 rings (SSSR count). The van der Waals surface area contributed by atoms with Crippen LogP contribution >= 0.6 is 0 Å². The van der Waals surface area contributed by atoms with Crippen LogP contribution in [0, 0.1) is 12.8 Å². The molecule has 1 saturated carbocycles. The molecule has 1 aliphatic rings. The summed E-state index contributed by atoms with van der Waals surface area (Å²) in [5, 5.41) is 5.09. The Labute approximate surface area is 158 Å². The zero-order valence-electron chi connectivity index (χ0n) is 15.5. The molecule has 0 aliphatic heterocycles. The maximum absolute atomic E-state index is 14.7. The quantitative estimate of drug-likeness (QED) is 0.702. The van der Waals surface area contributed by atoms with E-state index in [0.29, 0.717) is 19.8 Å². The van der Waals surface area contributed by atoms with Gasteiger partial charge in [0.05, 0.1) is 11.3 Å². The fourth-order valence-corrected chi connectivity index (χ4v) is 2.71. The topological polar surface area (TPSA) is 79.8 Å². The van der Waals surface area contributed by atoms with Crippen molar-refractivity contribution < 1.29 is 22.4 Å². The lowest BCUT2D eigenvalue weighted by Gasteiger charge is -2.21. The van der Waals surface area contributed by atoms with Crippen LogP contribution in [0.25, 0.3) is 0 Å². The predicted octanol–water partition coefficient (Wildman–Crippen LogP) is 4.50. The van der Waals surface area contributed by atoms with Crippen LogP contribution in [0.1, 0.15) is 43.8 Å². The van der Waals surface area contributed by atoms with E-state index >= 15 is 0 Å². The van der Waals surface area contributed by atoms with Crippen LogP contribution in [0.3, 0.4) is 0 Å². The molecule has 6 nitrogen and oxygen atoms in total. The van der Waals surface area contributed by atoms with E-state index in [1.165, 1.54) is 26.0 Å². The predicted molar refractivity (Wildman–Crippen MR) is 94.8 cm³/mol. The maximum atomic E-state index is 14.7. The van der Waals surface area contributed by atoms with E-state index < -0.39 is 29.5 Å². The highest BCUT2D eigenvalue weighted by Crippen LogP contribution is 2.51. The summed E-state index contributed by atoms with van der Waals surface area (Å²) >= 11 is 0. The van der Waals surface area contributed by atoms with Crippen molar-refractivity contribution in [1.29, 1.82) is 0 Å². The Morgan fingerprint density at radius 1 is 1.14 bits per heavy atom. The lowest BCUT2D eigenvalue weighted by molar-refractivity contribution is -0.114. The lowest BCUT2D eigenvalue weighted by atomic mass is 10.0. The van der Waals surface area contributed by atoms with Crippen molar-refractivity contribution in [3.8, 4) is 0 Å². The van der Waals surface area contributed by atoms with E-state index in [-0.39, 0.29) is 28.6 Å². The summed E-state index contributed by atoms with van der Waals surface area (Å²) in [6.07, 6.45) is 1.76. The molecule has 0 aromatic carbocycles. The van der Waals surface area contributed by atoms with Gasteiger partial charge >= 0.3 is 5.92 Å². The number of rotatable bonds is 6. The first-order valence-corrected chi connectivity index (χ1v) is 8.63. The molecule has 2 aromatic heterocycles. The van der Waals surface area contributed by atoms with Crippen LogP contribution in [0.4, 0.5) is 34.9 Å². The van der Waals surface area contributed by atoms with Crippen molar-refractivity contribution in [2.24, 2.45) is 5.92 Å². The summed E-state index contributed by atoms with van der Waals surface area (Å²) in [6, 6.07) is 2.60. The zero-order valence-corrected chi connectivity index (χ0v) is 15.5. The molecule has 0 saturated heterocycles. The van der Waals surface area contributed by atoms with Crippen LogP contribution < -0.4 is 10.6 Å². The van der Waals surface area contributed by atoms with Gasteiger partial charge in [0.2, 0.25) is 11.7 Å². The Hall–Kier alpha value is -2.78. The number of alkyl halides is 4. The SMILES string of the molecule is CC(=O)Nc1cc(Nc2cc(C)nc(C(C)(F)F)n2)c(C(F)(F)C2CC2)cn1. The first-order chi connectivity index (χ1) is 13.0.